The Labute approximate surface area is 157 Å². The van der Waals surface area contributed by atoms with Crippen LogP contribution in [0.25, 0.3) is 0 Å². The molecule has 4 nitrogen and oxygen atoms in total. The van der Waals surface area contributed by atoms with E-state index in [4.69, 9.17) is 4.74 Å². The minimum absolute atomic E-state index is 0.223. The van der Waals surface area contributed by atoms with Crippen LogP contribution in [0.1, 0.15) is 11.1 Å². The summed E-state index contributed by atoms with van der Waals surface area (Å²) in [5.41, 5.74) is 2.70. The Balaban J connectivity index is 1.64. The number of methoxy groups -OCH3 is 1. The summed E-state index contributed by atoms with van der Waals surface area (Å²) in [5, 5.41) is 3.42. The van der Waals surface area contributed by atoms with Crippen molar-refractivity contribution < 1.29 is 4.74 Å². The van der Waals surface area contributed by atoms with Gasteiger partial charge in [0.2, 0.25) is 0 Å². The topological polar surface area (TPSA) is 27.7 Å². The third-order valence-electron chi connectivity index (χ3n) is 4.96. The molecule has 0 saturated carbocycles. The summed E-state index contributed by atoms with van der Waals surface area (Å²) in [6, 6.07) is 21.4. The molecule has 0 amide bonds. The largest absolute Gasteiger partial charge is 0.379 e. The van der Waals surface area contributed by atoms with E-state index < -0.39 is 0 Å². The van der Waals surface area contributed by atoms with Gasteiger partial charge in [0.25, 0.3) is 0 Å². The number of ether oxygens (including phenoxy) is 1. The van der Waals surface area contributed by atoms with E-state index in [2.05, 4.69) is 75.8 Å². The zero-order valence-corrected chi connectivity index (χ0v) is 15.8. The number of rotatable bonds is 9. The van der Waals surface area contributed by atoms with E-state index in [9.17, 15) is 0 Å². The molecule has 1 aliphatic rings. The van der Waals surface area contributed by atoms with Gasteiger partial charge < -0.3 is 10.1 Å². The van der Waals surface area contributed by atoms with Crippen LogP contribution in [0.15, 0.2) is 60.7 Å². The van der Waals surface area contributed by atoms with E-state index in [0.717, 1.165) is 52.4 Å². The highest BCUT2D eigenvalue weighted by Crippen LogP contribution is 2.12. The summed E-state index contributed by atoms with van der Waals surface area (Å²) >= 11 is 0. The highest BCUT2D eigenvalue weighted by atomic mass is 16.5. The maximum absolute atomic E-state index is 5.86. The third kappa shape index (κ3) is 6.22. The maximum atomic E-state index is 5.86. The molecule has 1 fully saturated rings. The molecule has 0 radical (unpaired) electrons. The molecule has 0 bridgehead atoms. The predicted molar refractivity (Wildman–Crippen MR) is 107 cm³/mol. The highest BCUT2D eigenvalue weighted by molar-refractivity contribution is 5.17. The van der Waals surface area contributed by atoms with Crippen molar-refractivity contribution in [2.75, 3.05) is 46.4 Å². The van der Waals surface area contributed by atoms with Gasteiger partial charge in [0.05, 0.1) is 6.10 Å². The number of piperazine rings is 1. The van der Waals surface area contributed by atoms with Crippen molar-refractivity contribution >= 4 is 0 Å². The first-order chi connectivity index (χ1) is 12.8. The Kier molecular flexibility index (Phi) is 7.65. The number of hydrogen-bond acceptors (Lipinski definition) is 4. The van der Waals surface area contributed by atoms with Crippen LogP contribution >= 0.6 is 0 Å². The minimum atomic E-state index is 0.223. The fourth-order valence-electron chi connectivity index (χ4n) is 3.54. The molecular weight excluding hydrogens is 322 g/mol. The summed E-state index contributed by atoms with van der Waals surface area (Å²) in [7, 11) is 1.84. The molecule has 140 valence electrons. The molecular formula is C22H31N3O. The lowest BCUT2D eigenvalue weighted by molar-refractivity contribution is 0.0282. The molecule has 4 heteroatoms. The predicted octanol–water partition coefficient (Wildman–Crippen LogP) is 2.61. The molecule has 1 N–H and O–H groups in total. The third-order valence-corrected chi connectivity index (χ3v) is 4.96. The monoisotopic (exact) mass is 353 g/mol. The quantitative estimate of drug-likeness (QED) is 0.750. The summed E-state index contributed by atoms with van der Waals surface area (Å²) in [5.74, 6) is 0. The van der Waals surface area contributed by atoms with Crippen LogP contribution in [0, 0.1) is 0 Å². The second-order valence-corrected chi connectivity index (χ2v) is 7.05. The summed E-state index contributed by atoms with van der Waals surface area (Å²) in [4.78, 5) is 5.01. The smallest absolute Gasteiger partial charge is 0.0825 e. The van der Waals surface area contributed by atoms with Gasteiger partial charge in [-0.25, -0.2) is 0 Å². The van der Waals surface area contributed by atoms with E-state index in [-0.39, 0.29) is 6.10 Å². The fourth-order valence-corrected chi connectivity index (χ4v) is 3.54. The van der Waals surface area contributed by atoms with Gasteiger partial charge in [0.15, 0.2) is 0 Å². The zero-order valence-electron chi connectivity index (χ0n) is 15.8. The van der Waals surface area contributed by atoms with Gasteiger partial charge in [-0.3, -0.25) is 9.80 Å². The van der Waals surface area contributed by atoms with Gasteiger partial charge in [-0.1, -0.05) is 60.7 Å². The first-order valence-electron chi connectivity index (χ1n) is 9.59. The first-order valence-corrected chi connectivity index (χ1v) is 9.59. The van der Waals surface area contributed by atoms with Crippen LogP contribution in [0.3, 0.4) is 0 Å². The number of hydrogen-bond donors (Lipinski definition) is 1. The van der Waals surface area contributed by atoms with E-state index in [1.54, 1.807) is 0 Å². The second kappa shape index (κ2) is 10.4. The van der Waals surface area contributed by atoms with Crippen molar-refractivity contribution in [2.45, 2.75) is 19.2 Å². The standard InChI is InChI=1S/C22H31N3O/c1-26-22(18-24-14-12-23-13-15-24)19-25(16-20-8-4-2-5-9-20)17-21-10-6-3-7-11-21/h2-11,22-23H,12-19H2,1H3. The van der Waals surface area contributed by atoms with Crippen LogP contribution in [0.2, 0.25) is 0 Å². The van der Waals surface area contributed by atoms with Gasteiger partial charge in [0, 0.05) is 59.5 Å². The van der Waals surface area contributed by atoms with Gasteiger partial charge >= 0.3 is 0 Å². The lowest BCUT2D eigenvalue weighted by Crippen LogP contribution is -2.48. The molecule has 2 aromatic rings. The average molecular weight is 354 g/mol. The highest BCUT2D eigenvalue weighted by Gasteiger charge is 2.19. The van der Waals surface area contributed by atoms with Gasteiger partial charge in [0.1, 0.15) is 0 Å². The maximum Gasteiger partial charge on any atom is 0.0825 e. The molecule has 2 aromatic carbocycles. The van der Waals surface area contributed by atoms with Crippen LogP contribution < -0.4 is 5.32 Å². The summed E-state index contributed by atoms with van der Waals surface area (Å²) in [6.45, 7) is 8.19. The lowest BCUT2D eigenvalue weighted by Gasteiger charge is -2.33. The fraction of sp³-hybridized carbons (Fsp3) is 0.455. The van der Waals surface area contributed by atoms with Crippen molar-refractivity contribution in [2.24, 2.45) is 0 Å². The molecule has 0 aliphatic carbocycles. The van der Waals surface area contributed by atoms with Crippen molar-refractivity contribution in [1.29, 1.82) is 0 Å². The van der Waals surface area contributed by atoms with E-state index in [1.807, 2.05) is 7.11 Å². The number of nitrogens with one attached hydrogen (secondary N) is 1. The Morgan fingerprint density at radius 3 is 1.96 bits per heavy atom. The minimum Gasteiger partial charge on any atom is -0.379 e. The summed E-state index contributed by atoms with van der Waals surface area (Å²) < 4.78 is 5.86. The molecule has 1 atom stereocenters. The van der Waals surface area contributed by atoms with Crippen LogP contribution in [0.4, 0.5) is 0 Å². The molecule has 1 heterocycles. The molecule has 0 aromatic heterocycles. The Morgan fingerprint density at radius 2 is 1.46 bits per heavy atom. The van der Waals surface area contributed by atoms with Crippen molar-refractivity contribution in [3.63, 3.8) is 0 Å². The molecule has 26 heavy (non-hydrogen) atoms. The molecule has 1 aliphatic heterocycles. The Hall–Kier alpha value is -1.72. The van der Waals surface area contributed by atoms with Gasteiger partial charge in [-0.2, -0.15) is 0 Å². The molecule has 1 unspecified atom stereocenters. The van der Waals surface area contributed by atoms with Crippen molar-refractivity contribution in [3.05, 3.63) is 71.8 Å². The zero-order chi connectivity index (χ0) is 18.0. The van der Waals surface area contributed by atoms with Crippen molar-refractivity contribution in [3.8, 4) is 0 Å². The van der Waals surface area contributed by atoms with Crippen LogP contribution in [-0.4, -0.2) is 62.3 Å². The van der Waals surface area contributed by atoms with E-state index >= 15 is 0 Å². The average Bonchev–Trinajstić information content (AvgIpc) is 2.70. The normalized spacial score (nSPS) is 16.7. The lowest BCUT2D eigenvalue weighted by atomic mass is 10.1. The van der Waals surface area contributed by atoms with E-state index in [1.165, 1.54) is 11.1 Å². The Bertz CT molecular complexity index is 572. The van der Waals surface area contributed by atoms with E-state index in [0.29, 0.717) is 0 Å². The van der Waals surface area contributed by atoms with Crippen LogP contribution in [-0.2, 0) is 17.8 Å². The Morgan fingerprint density at radius 1 is 0.923 bits per heavy atom. The molecule has 1 saturated heterocycles. The summed E-state index contributed by atoms with van der Waals surface area (Å²) in [6.07, 6.45) is 0.223. The van der Waals surface area contributed by atoms with Crippen molar-refractivity contribution in [1.82, 2.24) is 15.1 Å². The first kappa shape index (κ1) is 19.1. The number of nitrogens with zero attached hydrogens (tertiary/aromatic N) is 2. The second-order valence-electron chi connectivity index (χ2n) is 7.05. The van der Waals surface area contributed by atoms with Crippen LogP contribution in [0.5, 0.6) is 0 Å². The molecule has 3 rings (SSSR count). The van der Waals surface area contributed by atoms with Gasteiger partial charge in [-0.05, 0) is 11.1 Å². The SMILES string of the molecule is COC(CN1CCNCC1)CN(Cc1ccccc1)Cc1ccccc1. The van der Waals surface area contributed by atoms with Gasteiger partial charge in [-0.15, -0.1) is 0 Å². The molecule has 0 spiro atoms. The number of benzene rings is 2.